The molecule has 0 aromatic carbocycles. The number of hydrogen-bond acceptors (Lipinski definition) is 2. The maximum atomic E-state index is 8.74. The van der Waals surface area contributed by atoms with Gasteiger partial charge in [-0.15, -0.1) is 0 Å². The van der Waals surface area contributed by atoms with Gasteiger partial charge in [0.2, 0.25) is 0 Å². The zero-order valence-electron chi connectivity index (χ0n) is 2.83. The molecule has 0 rings (SSSR count). The fourth-order valence-electron chi connectivity index (χ4n) is 0. The van der Waals surface area contributed by atoms with Gasteiger partial charge < -0.3 is 0 Å². The molecule has 1 atom stereocenters. The van der Waals surface area contributed by atoms with E-state index in [4.69, 9.17) is 17.5 Å². The van der Waals surface area contributed by atoms with Gasteiger partial charge >= 0.3 is 48.1 Å². The average molecular weight is 174 g/mol. The van der Waals surface area contributed by atoms with Crippen LogP contribution in [-0.2, 0) is 10.4 Å². The Morgan fingerprint density at radius 2 is 1.14 bits per heavy atom. The van der Waals surface area contributed by atoms with E-state index in [1.54, 1.807) is 0 Å². The molecule has 0 aromatic rings. The van der Waals surface area contributed by atoms with Gasteiger partial charge in [0.05, 0.1) is 0 Å². The van der Waals surface area contributed by atoms with Crippen LogP contribution in [0.25, 0.3) is 0 Å². The molecule has 0 radical (unpaired) electrons. The molecular formula is H7CaO4PS. The second-order valence-corrected chi connectivity index (χ2v) is 1.34. The van der Waals surface area contributed by atoms with Gasteiger partial charge in [-0.2, -0.15) is 18.3 Å². The molecule has 0 aliphatic rings. The number of hydrogen-bond donors (Lipinski definition) is 2. The summed E-state index contributed by atoms with van der Waals surface area (Å²) in [4.78, 5) is 0. The summed E-state index contributed by atoms with van der Waals surface area (Å²) in [5.41, 5.74) is 0. The molecule has 0 aromatic heterocycles. The van der Waals surface area contributed by atoms with E-state index in [9.17, 15) is 0 Å². The SMILES string of the molecule is O=S(=O)(O)O.P.[CaH2]. The van der Waals surface area contributed by atoms with Crippen molar-refractivity contribution in [3.05, 3.63) is 0 Å². The van der Waals surface area contributed by atoms with Gasteiger partial charge in [0.15, 0.2) is 0 Å². The predicted molar refractivity (Wildman–Crippen MR) is 33.8 cm³/mol. The normalized spacial score (nSPS) is 8.29. The first-order valence-corrected chi connectivity index (χ1v) is 2.10. The molecule has 0 saturated heterocycles. The molecule has 0 aliphatic heterocycles. The molecule has 0 amide bonds. The molecule has 0 heterocycles. The Morgan fingerprint density at radius 3 is 1.14 bits per heavy atom. The summed E-state index contributed by atoms with van der Waals surface area (Å²) in [6.45, 7) is 0. The summed E-state index contributed by atoms with van der Waals surface area (Å²) >= 11 is 0. The van der Waals surface area contributed by atoms with Crippen LogP contribution in [0.2, 0.25) is 0 Å². The van der Waals surface area contributed by atoms with Gasteiger partial charge in [0.25, 0.3) is 0 Å². The first kappa shape index (κ1) is 15.8. The zero-order chi connectivity index (χ0) is 4.50. The van der Waals surface area contributed by atoms with E-state index in [1.807, 2.05) is 0 Å². The van der Waals surface area contributed by atoms with Crippen molar-refractivity contribution in [1.82, 2.24) is 0 Å². The van der Waals surface area contributed by atoms with E-state index in [0.29, 0.717) is 0 Å². The minimum absolute atomic E-state index is 0. The third-order valence-electron chi connectivity index (χ3n) is 0. The Hall–Kier alpha value is 1.56. The summed E-state index contributed by atoms with van der Waals surface area (Å²) in [5, 5.41) is 0. The van der Waals surface area contributed by atoms with Crippen molar-refractivity contribution < 1.29 is 17.5 Å². The third kappa shape index (κ3) is 96.1. The average Bonchev–Trinajstić information content (AvgIpc) is 0.722. The first-order valence-electron chi connectivity index (χ1n) is 0.698. The van der Waals surface area contributed by atoms with Crippen molar-refractivity contribution in [2.45, 2.75) is 0 Å². The molecule has 4 nitrogen and oxygen atoms in total. The van der Waals surface area contributed by atoms with Crippen LogP contribution >= 0.6 is 9.90 Å². The van der Waals surface area contributed by atoms with Crippen LogP contribution in [0, 0.1) is 0 Å². The third-order valence-corrected chi connectivity index (χ3v) is 0. The molecule has 7 heavy (non-hydrogen) atoms. The summed E-state index contributed by atoms with van der Waals surface area (Å²) in [7, 11) is -4.67. The maximum absolute atomic E-state index is 8.74. The van der Waals surface area contributed by atoms with E-state index in [0.717, 1.165) is 0 Å². The van der Waals surface area contributed by atoms with Crippen LogP contribution in [0.5, 0.6) is 0 Å². The molecule has 0 bridgehead atoms. The molecule has 1 unspecified atom stereocenters. The second-order valence-electron chi connectivity index (χ2n) is 0.448. The van der Waals surface area contributed by atoms with Crippen LogP contribution < -0.4 is 0 Å². The Kier molecular flexibility index (Phi) is 12.9. The summed E-state index contributed by atoms with van der Waals surface area (Å²) < 4.78 is 31.6. The second kappa shape index (κ2) is 5.69. The van der Waals surface area contributed by atoms with Crippen LogP contribution in [0.15, 0.2) is 0 Å². The first-order chi connectivity index (χ1) is 2.00. The predicted octanol–water partition coefficient (Wildman–Crippen LogP) is -1.51. The Balaban J connectivity index is -0.0000000800. The quantitative estimate of drug-likeness (QED) is 0.266. The topological polar surface area (TPSA) is 74.6 Å². The van der Waals surface area contributed by atoms with E-state index in [1.165, 1.54) is 0 Å². The minimum atomic E-state index is -4.67. The summed E-state index contributed by atoms with van der Waals surface area (Å²) in [6, 6.07) is 0. The van der Waals surface area contributed by atoms with E-state index in [2.05, 4.69) is 0 Å². The van der Waals surface area contributed by atoms with Gasteiger partial charge in [-0.25, -0.2) is 0 Å². The van der Waals surface area contributed by atoms with E-state index in [-0.39, 0.29) is 47.6 Å². The summed E-state index contributed by atoms with van der Waals surface area (Å²) in [5.74, 6) is 0. The Morgan fingerprint density at radius 1 is 1.14 bits per heavy atom. The Bertz CT molecular complexity index is 94.9. The van der Waals surface area contributed by atoms with E-state index < -0.39 is 10.4 Å². The van der Waals surface area contributed by atoms with Crippen LogP contribution in [-0.4, -0.2) is 55.3 Å². The van der Waals surface area contributed by atoms with Crippen LogP contribution in [0.4, 0.5) is 0 Å². The summed E-state index contributed by atoms with van der Waals surface area (Å²) in [6.07, 6.45) is 0. The van der Waals surface area contributed by atoms with Gasteiger partial charge in [-0.3, -0.25) is 9.11 Å². The van der Waals surface area contributed by atoms with Crippen molar-refractivity contribution >= 4 is 58.0 Å². The van der Waals surface area contributed by atoms with Crippen molar-refractivity contribution in [1.29, 1.82) is 0 Å². The molecular weight excluding hydrogens is 167 g/mol. The Labute approximate surface area is 74.9 Å². The fourth-order valence-corrected chi connectivity index (χ4v) is 0. The van der Waals surface area contributed by atoms with Gasteiger partial charge in [-0.1, -0.05) is 0 Å². The van der Waals surface area contributed by atoms with Crippen molar-refractivity contribution in [3.63, 3.8) is 0 Å². The van der Waals surface area contributed by atoms with Crippen LogP contribution in [0.3, 0.4) is 0 Å². The molecule has 0 fully saturated rings. The van der Waals surface area contributed by atoms with Gasteiger partial charge in [-0.05, 0) is 0 Å². The number of rotatable bonds is 0. The zero-order valence-corrected chi connectivity index (χ0v) is 5.06. The van der Waals surface area contributed by atoms with Crippen LogP contribution in [0.1, 0.15) is 0 Å². The monoisotopic (exact) mass is 174 g/mol. The van der Waals surface area contributed by atoms with Crippen molar-refractivity contribution in [2.24, 2.45) is 0 Å². The fraction of sp³-hybridized carbons (Fsp3) is 0. The molecule has 0 saturated carbocycles. The molecule has 7 heteroatoms. The van der Waals surface area contributed by atoms with Crippen molar-refractivity contribution in [2.75, 3.05) is 0 Å². The molecule has 44 valence electrons. The van der Waals surface area contributed by atoms with Gasteiger partial charge in [0.1, 0.15) is 0 Å². The van der Waals surface area contributed by atoms with Crippen molar-refractivity contribution in [3.8, 4) is 0 Å². The standard InChI is InChI=1S/Ca.H2O4S.H3P.2H/c;1-5(2,3)4;;;/h;(H2,1,2,3,4);1H3;;. The van der Waals surface area contributed by atoms with Gasteiger partial charge in [0, 0.05) is 0 Å². The molecule has 2 N–H and O–H groups in total. The molecule has 0 spiro atoms. The molecule has 0 aliphatic carbocycles. The van der Waals surface area contributed by atoms with E-state index >= 15 is 0 Å².